The Morgan fingerprint density at radius 1 is 0.593 bits per heavy atom. The van der Waals surface area contributed by atoms with Gasteiger partial charge in [-0.05, 0) is 92.4 Å². The van der Waals surface area contributed by atoms with Crippen LogP contribution in [0.4, 0.5) is 0 Å². The SMILES string of the molecule is N#Cc1ccc2c(c1)C1c3cc(C#N)ccc3C2c2cc(I)c(C#N)cc21. The zero-order valence-corrected chi connectivity index (χ0v) is 16.2. The molecule has 4 heteroatoms. The molecule has 0 N–H and O–H groups in total. The largest absolute Gasteiger partial charge is 0.192 e. The van der Waals surface area contributed by atoms with Gasteiger partial charge >= 0.3 is 0 Å². The highest BCUT2D eigenvalue weighted by Gasteiger charge is 2.42. The van der Waals surface area contributed by atoms with Gasteiger partial charge in [0.2, 0.25) is 0 Å². The van der Waals surface area contributed by atoms with Gasteiger partial charge in [-0.15, -0.1) is 0 Å². The third-order valence-electron chi connectivity index (χ3n) is 5.59. The van der Waals surface area contributed by atoms with Crippen molar-refractivity contribution in [3.63, 3.8) is 0 Å². The third-order valence-corrected chi connectivity index (χ3v) is 6.48. The van der Waals surface area contributed by atoms with Gasteiger partial charge in [0.25, 0.3) is 0 Å². The maximum Gasteiger partial charge on any atom is 0.100 e. The van der Waals surface area contributed by atoms with Gasteiger partial charge in [-0.1, -0.05) is 12.1 Å². The van der Waals surface area contributed by atoms with Crippen LogP contribution in [0.2, 0.25) is 0 Å². The van der Waals surface area contributed by atoms with E-state index in [-0.39, 0.29) is 11.8 Å². The summed E-state index contributed by atoms with van der Waals surface area (Å²) in [5, 5.41) is 28.2. The normalized spacial score (nSPS) is 17.7. The maximum absolute atomic E-state index is 9.50. The fourth-order valence-corrected chi connectivity index (χ4v) is 5.12. The van der Waals surface area contributed by atoms with Gasteiger partial charge in [-0.2, -0.15) is 15.8 Å². The van der Waals surface area contributed by atoms with E-state index in [0.717, 1.165) is 20.3 Å². The number of halogens is 1. The average Bonchev–Trinajstić information content (AvgIpc) is 2.71. The number of nitriles is 3. The summed E-state index contributed by atoms with van der Waals surface area (Å²) >= 11 is 2.22. The maximum atomic E-state index is 9.50. The minimum atomic E-state index is -0.0549. The summed E-state index contributed by atoms with van der Waals surface area (Å²) in [6.07, 6.45) is 0. The fraction of sp³-hybridized carbons (Fsp3) is 0.0870. The van der Waals surface area contributed by atoms with Crippen molar-refractivity contribution in [1.82, 2.24) is 0 Å². The Bertz CT molecular complexity index is 1220. The van der Waals surface area contributed by atoms with Crippen molar-refractivity contribution >= 4 is 22.6 Å². The molecular formula is C23H10IN3. The molecule has 0 heterocycles. The van der Waals surface area contributed by atoms with Crippen LogP contribution in [-0.2, 0) is 0 Å². The smallest absolute Gasteiger partial charge is 0.100 e. The van der Waals surface area contributed by atoms with Crippen molar-refractivity contribution in [1.29, 1.82) is 15.8 Å². The first-order valence-electron chi connectivity index (χ1n) is 8.47. The topological polar surface area (TPSA) is 71.4 Å². The second-order valence-corrected chi connectivity index (χ2v) is 8.01. The third kappa shape index (κ3) is 2.10. The molecule has 0 saturated carbocycles. The van der Waals surface area contributed by atoms with E-state index in [9.17, 15) is 15.8 Å². The number of nitrogens with zero attached hydrogens (tertiary/aromatic N) is 3. The van der Waals surface area contributed by atoms with Gasteiger partial charge < -0.3 is 0 Å². The lowest BCUT2D eigenvalue weighted by atomic mass is 9.60. The van der Waals surface area contributed by atoms with Gasteiger partial charge in [0.1, 0.15) is 6.07 Å². The summed E-state index contributed by atoms with van der Waals surface area (Å²) in [7, 11) is 0. The summed E-state index contributed by atoms with van der Waals surface area (Å²) in [5.74, 6) is 0.0115. The lowest BCUT2D eigenvalue weighted by Crippen LogP contribution is -2.28. The summed E-state index contributed by atoms with van der Waals surface area (Å²) < 4.78 is 0.951. The van der Waals surface area contributed by atoms with E-state index in [4.69, 9.17) is 0 Å². The summed E-state index contributed by atoms with van der Waals surface area (Å²) in [6, 6.07) is 22.6. The van der Waals surface area contributed by atoms with Crippen LogP contribution in [0.3, 0.4) is 0 Å². The lowest BCUT2D eigenvalue weighted by Gasteiger charge is -2.42. The molecule has 3 aromatic carbocycles. The first-order chi connectivity index (χ1) is 13.2. The zero-order valence-electron chi connectivity index (χ0n) is 14.0. The van der Waals surface area contributed by atoms with E-state index >= 15 is 0 Å². The molecule has 3 aliphatic carbocycles. The Morgan fingerprint density at radius 3 is 1.59 bits per heavy atom. The molecule has 0 amide bonds. The molecule has 3 nitrogen and oxygen atoms in total. The highest BCUT2D eigenvalue weighted by atomic mass is 127. The van der Waals surface area contributed by atoms with E-state index in [1.807, 2.05) is 30.3 Å². The number of benzene rings is 3. The Balaban J connectivity index is 1.88. The molecule has 0 spiro atoms. The average molecular weight is 455 g/mol. The summed E-state index contributed by atoms with van der Waals surface area (Å²) in [4.78, 5) is 0. The van der Waals surface area contributed by atoms with Crippen LogP contribution in [0.1, 0.15) is 61.9 Å². The number of rotatable bonds is 0. The number of hydrogen-bond donors (Lipinski definition) is 0. The van der Waals surface area contributed by atoms with Crippen LogP contribution in [0.15, 0.2) is 48.5 Å². The van der Waals surface area contributed by atoms with Gasteiger partial charge in [0, 0.05) is 15.4 Å². The van der Waals surface area contributed by atoms with Crippen molar-refractivity contribution < 1.29 is 0 Å². The van der Waals surface area contributed by atoms with Crippen LogP contribution in [0.25, 0.3) is 0 Å². The van der Waals surface area contributed by atoms with Crippen LogP contribution in [-0.4, -0.2) is 0 Å². The van der Waals surface area contributed by atoms with E-state index in [1.54, 1.807) is 0 Å². The van der Waals surface area contributed by atoms with Crippen molar-refractivity contribution in [3.8, 4) is 18.2 Å². The molecular weight excluding hydrogens is 445 g/mol. The molecule has 0 fully saturated rings. The van der Waals surface area contributed by atoms with Crippen LogP contribution < -0.4 is 0 Å². The molecule has 2 bridgehead atoms. The molecule has 6 rings (SSSR count). The van der Waals surface area contributed by atoms with E-state index in [0.29, 0.717) is 16.7 Å². The molecule has 3 aliphatic rings. The van der Waals surface area contributed by atoms with Gasteiger partial charge in [-0.25, -0.2) is 0 Å². The fourth-order valence-electron chi connectivity index (χ4n) is 4.51. The highest BCUT2D eigenvalue weighted by molar-refractivity contribution is 14.1. The highest BCUT2D eigenvalue weighted by Crippen LogP contribution is 2.56. The second-order valence-electron chi connectivity index (χ2n) is 6.85. The van der Waals surface area contributed by atoms with Crippen LogP contribution in [0, 0.1) is 37.6 Å². The van der Waals surface area contributed by atoms with Crippen LogP contribution >= 0.6 is 22.6 Å². The van der Waals surface area contributed by atoms with Crippen molar-refractivity contribution in [2.45, 2.75) is 11.8 Å². The molecule has 3 aromatic rings. The van der Waals surface area contributed by atoms with Crippen molar-refractivity contribution in [2.75, 3.05) is 0 Å². The van der Waals surface area contributed by atoms with E-state index in [1.165, 1.54) is 16.7 Å². The van der Waals surface area contributed by atoms with E-state index in [2.05, 4.69) is 59.0 Å². The Kier molecular flexibility index (Phi) is 3.38. The molecule has 0 saturated heterocycles. The Labute approximate surface area is 170 Å². The molecule has 0 unspecified atom stereocenters. The first kappa shape index (κ1) is 16.1. The monoisotopic (exact) mass is 455 g/mol. The first-order valence-corrected chi connectivity index (χ1v) is 9.55. The molecule has 124 valence electrons. The van der Waals surface area contributed by atoms with E-state index < -0.39 is 0 Å². The zero-order chi connectivity index (χ0) is 18.7. The van der Waals surface area contributed by atoms with Gasteiger partial charge in [0.05, 0.1) is 28.8 Å². The number of hydrogen-bond acceptors (Lipinski definition) is 3. The summed E-state index contributed by atoms with van der Waals surface area (Å²) in [6.45, 7) is 0. The minimum absolute atomic E-state index is 0.0549. The van der Waals surface area contributed by atoms with Crippen molar-refractivity contribution in [3.05, 3.63) is 102 Å². The summed E-state index contributed by atoms with van der Waals surface area (Å²) in [5.41, 5.74) is 8.91. The van der Waals surface area contributed by atoms with Crippen LogP contribution in [0.5, 0.6) is 0 Å². The minimum Gasteiger partial charge on any atom is -0.192 e. The molecule has 27 heavy (non-hydrogen) atoms. The second kappa shape index (κ2) is 5.68. The molecule has 0 aliphatic heterocycles. The van der Waals surface area contributed by atoms with Gasteiger partial charge in [0.15, 0.2) is 0 Å². The standard InChI is InChI=1S/C23H10IN3/c24-21-8-20-19(7-14(21)11-27)23-17-5-12(9-25)1-3-15(17)22(20)16-4-2-13(10-26)6-18(16)23/h1-8,22-23H. The molecule has 0 atom stereocenters. The van der Waals surface area contributed by atoms with Gasteiger partial charge in [-0.3, -0.25) is 0 Å². The lowest BCUT2D eigenvalue weighted by molar-refractivity contribution is 0.752. The predicted octanol–water partition coefficient (Wildman–Crippen LogP) is 4.89. The Morgan fingerprint density at radius 2 is 1.07 bits per heavy atom. The van der Waals surface area contributed by atoms with Crippen molar-refractivity contribution in [2.24, 2.45) is 0 Å². The molecule has 0 radical (unpaired) electrons. The molecule has 0 aromatic heterocycles. The quantitative estimate of drug-likeness (QED) is 0.312. The Hall–Kier alpha value is -3.14. The predicted molar refractivity (Wildman–Crippen MR) is 108 cm³/mol.